The summed E-state index contributed by atoms with van der Waals surface area (Å²) in [5, 5.41) is 4.92. The highest BCUT2D eigenvalue weighted by atomic mass is 32.1. The van der Waals surface area contributed by atoms with E-state index in [-0.39, 0.29) is 12.0 Å². The zero-order valence-electron chi connectivity index (χ0n) is 16.0. The number of amides is 1. The van der Waals surface area contributed by atoms with E-state index in [1.54, 1.807) is 35.7 Å². The summed E-state index contributed by atoms with van der Waals surface area (Å²) in [5.74, 6) is 0.590. The van der Waals surface area contributed by atoms with Crippen LogP contribution in [0.1, 0.15) is 28.7 Å². The molecule has 0 bridgehead atoms. The summed E-state index contributed by atoms with van der Waals surface area (Å²) in [6, 6.07) is 13.3. The second-order valence-electron chi connectivity index (χ2n) is 6.65. The minimum atomic E-state index is -0.200. The quantitative estimate of drug-likeness (QED) is 0.601. The topological polar surface area (TPSA) is 67.3 Å². The van der Waals surface area contributed by atoms with Crippen LogP contribution >= 0.6 is 11.3 Å². The Kier molecular flexibility index (Phi) is 7.11. The first-order valence-corrected chi connectivity index (χ1v) is 10.0. The molecule has 0 radical (unpaired) electrons. The van der Waals surface area contributed by atoms with Crippen molar-refractivity contribution < 1.29 is 9.53 Å². The van der Waals surface area contributed by atoms with E-state index in [0.29, 0.717) is 12.2 Å². The third-order valence-electron chi connectivity index (χ3n) is 4.05. The van der Waals surface area contributed by atoms with Crippen molar-refractivity contribution in [2.75, 3.05) is 13.6 Å². The highest BCUT2D eigenvalue weighted by Crippen LogP contribution is 2.17. The molecule has 6 nitrogen and oxygen atoms in total. The fourth-order valence-corrected chi connectivity index (χ4v) is 3.32. The number of hydrogen-bond acceptors (Lipinski definition) is 6. The molecule has 0 unspecified atom stereocenters. The summed E-state index contributed by atoms with van der Waals surface area (Å²) in [7, 11) is 2.07. The zero-order chi connectivity index (χ0) is 19.8. The number of ether oxygens (including phenoxy) is 1. The molecule has 1 N–H and O–H groups in total. The molecule has 3 aromatic rings. The molecule has 7 heteroatoms. The van der Waals surface area contributed by atoms with Crippen LogP contribution in [0.5, 0.6) is 5.75 Å². The first-order chi connectivity index (χ1) is 13.6. The average molecular weight is 397 g/mol. The molecule has 0 aliphatic rings. The highest BCUT2D eigenvalue weighted by molar-refractivity contribution is 7.07. The van der Waals surface area contributed by atoms with Crippen LogP contribution in [0.4, 0.5) is 0 Å². The van der Waals surface area contributed by atoms with Gasteiger partial charge in [-0.2, -0.15) is 0 Å². The van der Waals surface area contributed by atoms with Crippen LogP contribution < -0.4 is 10.1 Å². The molecule has 0 saturated carbocycles. The third kappa shape index (κ3) is 6.14. The van der Waals surface area contributed by atoms with Gasteiger partial charge in [-0.1, -0.05) is 18.2 Å². The SMILES string of the molecule is C[C@H](CNC(=O)c1ccccn1)Oc1cccc(CN(C)Cc2cscn2)c1. The first-order valence-electron chi connectivity index (χ1n) is 9.10. The van der Waals surface area contributed by atoms with Crippen LogP contribution in [0.2, 0.25) is 0 Å². The van der Waals surface area contributed by atoms with Crippen LogP contribution in [0.25, 0.3) is 0 Å². The summed E-state index contributed by atoms with van der Waals surface area (Å²) in [5.41, 5.74) is 4.50. The Morgan fingerprint density at radius 3 is 2.86 bits per heavy atom. The van der Waals surface area contributed by atoms with Gasteiger partial charge < -0.3 is 10.1 Å². The maximum absolute atomic E-state index is 12.1. The van der Waals surface area contributed by atoms with E-state index in [2.05, 4.69) is 38.7 Å². The van der Waals surface area contributed by atoms with Crippen molar-refractivity contribution in [3.63, 3.8) is 0 Å². The molecule has 28 heavy (non-hydrogen) atoms. The molecule has 3 rings (SSSR count). The van der Waals surface area contributed by atoms with Crippen molar-refractivity contribution in [1.82, 2.24) is 20.2 Å². The van der Waals surface area contributed by atoms with Crippen molar-refractivity contribution in [2.45, 2.75) is 26.1 Å². The Balaban J connectivity index is 1.48. The van der Waals surface area contributed by atoms with Gasteiger partial charge in [0.2, 0.25) is 0 Å². The van der Waals surface area contributed by atoms with Crippen LogP contribution in [0.15, 0.2) is 59.6 Å². The lowest BCUT2D eigenvalue weighted by atomic mass is 10.2. The molecule has 146 valence electrons. The number of pyridine rings is 1. The monoisotopic (exact) mass is 396 g/mol. The Hall–Kier alpha value is -2.77. The first kappa shape index (κ1) is 20.0. The van der Waals surface area contributed by atoms with E-state index in [1.165, 1.54) is 5.56 Å². The van der Waals surface area contributed by atoms with Crippen LogP contribution in [0.3, 0.4) is 0 Å². The van der Waals surface area contributed by atoms with Gasteiger partial charge in [0.05, 0.1) is 17.7 Å². The molecule has 1 atom stereocenters. The van der Waals surface area contributed by atoms with Crippen molar-refractivity contribution in [3.8, 4) is 5.75 Å². The van der Waals surface area contributed by atoms with Crippen molar-refractivity contribution in [3.05, 3.63) is 76.5 Å². The fraction of sp³-hybridized carbons (Fsp3) is 0.286. The standard InChI is InChI=1S/C21H24N4O2S/c1-16(11-23-21(26)20-8-3-4-9-22-20)27-19-7-5-6-17(10-19)12-25(2)13-18-14-28-15-24-18/h3-10,14-16H,11-13H2,1-2H3,(H,23,26)/t16-/m1/s1. The minimum Gasteiger partial charge on any atom is -0.489 e. The lowest BCUT2D eigenvalue weighted by molar-refractivity contribution is 0.0927. The maximum Gasteiger partial charge on any atom is 0.270 e. The number of hydrogen-bond donors (Lipinski definition) is 1. The summed E-state index contributed by atoms with van der Waals surface area (Å²) in [6.45, 7) is 3.95. The lowest BCUT2D eigenvalue weighted by Crippen LogP contribution is -2.34. The maximum atomic E-state index is 12.1. The molecule has 0 saturated heterocycles. The second-order valence-corrected chi connectivity index (χ2v) is 7.37. The second kappa shape index (κ2) is 9.96. The Labute approximate surface area is 169 Å². The third-order valence-corrected chi connectivity index (χ3v) is 4.69. The van der Waals surface area contributed by atoms with Crippen molar-refractivity contribution >= 4 is 17.2 Å². The van der Waals surface area contributed by atoms with Gasteiger partial charge in [0.1, 0.15) is 17.5 Å². The van der Waals surface area contributed by atoms with E-state index in [0.717, 1.165) is 24.5 Å². The predicted octanol–water partition coefficient (Wildman–Crippen LogP) is 3.37. The molecule has 0 spiro atoms. The number of thiazole rings is 1. The van der Waals surface area contributed by atoms with Crippen LogP contribution in [-0.2, 0) is 13.1 Å². The summed E-state index contributed by atoms with van der Waals surface area (Å²) >= 11 is 1.61. The largest absolute Gasteiger partial charge is 0.489 e. The zero-order valence-corrected chi connectivity index (χ0v) is 16.9. The van der Waals surface area contributed by atoms with Crippen molar-refractivity contribution in [2.24, 2.45) is 0 Å². The van der Waals surface area contributed by atoms with Crippen molar-refractivity contribution in [1.29, 1.82) is 0 Å². The Morgan fingerprint density at radius 1 is 1.21 bits per heavy atom. The number of carbonyl (C=O) groups excluding carboxylic acids is 1. The molecule has 2 aromatic heterocycles. The van der Waals surface area contributed by atoms with E-state index in [4.69, 9.17) is 4.74 Å². The van der Waals surface area contributed by atoms with Gasteiger partial charge in [-0.15, -0.1) is 11.3 Å². The Bertz CT molecular complexity index is 871. The van der Waals surface area contributed by atoms with Gasteiger partial charge in [-0.05, 0) is 43.8 Å². The molecule has 0 aliphatic heterocycles. The van der Waals surface area contributed by atoms with Crippen LogP contribution in [-0.4, -0.2) is 40.5 Å². The predicted molar refractivity (Wildman–Crippen MR) is 110 cm³/mol. The van der Waals surface area contributed by atoms with Crippen LogP contribution in [0, 0.1) is 0 Å². The van der Waals surface area contributed by atoms with Gasteiger partial charge in [-0.25, -0.2) is 4.98 Å². The van der Waals surface area contributed by atoms with E-state index in [9.17, 15) is 4.79 Å². The summed E-state index contributed by atoms with van der Waals surface area (Å²) < 4.78 is 5.96. The smallest absolute Gasteiger partial charge is 0.270 e. The Morgan fingerprint density at radius 2 is 2.11 bits per heavy atom. The van der Waals surface area contributed by atoms with Gasteiger partial charge in [0, 0.05) is 24.7 Å². The molecule has 1 aromatic carbocycles. The number of aromatic nitrogens is 2. The van der Waals surface area contributed by atoms with E-state index in [1.807, 2.05) is 30.6 Å². The normalized spacial score (nSPS) is 12.0. The highest BCUT2D eigenvalue weighted by Gasteiger charge is 2.10. The number of nitrogens with zero attached hydrogens (tertiary/aromatic N) is 3. The summed E-state index contributed by atoms with van der Waals surface area (Å²) in [6.07, 6.45) is 1.45. The minimum absolute atomic E-state index is 0.157. The van der Waals surface area contributed by atoms with Gasteiger partial charge in [-0.3, -0.25) is 14.7 Å². The van der Waals surface area contributed by atoms with E-state index >= 15 is 0 Å². The lowest BCUT2D eigenvalue weighted by Gasteiger charge is -2.18. The molecular formula is C21H24N4O2S. The molecule has 0 aliphatic carbocycles. The average Bonchev–Trinajstić information content (AvgIpc) is 3.20. The summed E-state index contributed by atoms with van der Waals surface area (Å²) in [4.78, 5) is 22.7. The molecule has 1 amide bonds. The molecule has 0 fully saturated rings. The van der Waals surface area contributed by atoms with E-state index < -0.39 is 0 Å². The fourth-order valence-electron chi connectivity index (χ4n) is 2.77. The van der Waals surface area contributed by atoms with Gasteiger partial charge in [0.25, 0.3) is 5.91 Å². The van der Waals surface area contributed by atoms with Gasteiger partial charge >= 0.3 is 0 Å². The number of rotatable bonds is 9. The molecular weight excluding hydrogens is 372 g/mol. The number of carbonyl (C=O) groups is 1. The van der Waals surface area contributed by atoms with Gasteiger partial charge in [0.15, 0.2) is 0 Å². The number of benzene rings is 1. The number of nitrogens with one attached hydrogen (secondary N) is 1. The molecule has 2 heterocycles.